The van der Waals surface area contributed by atoms with E-state index in [0.29, 0.717) is 12.2 Å². The molecular weight excluding hydrogens is 298 g/mol. The molecule has 0 aliphatic heterocycles. The SMILES string of the molecule is COc1ccc(OC)c(C(C#N)Cc2ccc(C(C)(C)C)cc2)c1. The lowest BCUT2D eigenvalue weighted by molar-refractivity contribution is 0.397. The largest absolute Gasteiger partial charge is 0.497 e. The molecule has 2 rings (SSSR count). The van der Waals surface area contributed by atoms with Gasteiger partial charge in [0.05, 0.1) is 26.2 Å². The molecule has 0 aliphatic carbocycles. The van der Waals surface area contributed by atoms with Crippen molar-refractivity contribution >= 4 is 0 Å². The topological polar surface area (TPSA) is 42.2 Å². The highest BCUT2D eigenvalue weighted by Gasteiger charge is 2.18. The van der Waals surface area contributed by atoms with Gasteiger partial charge in [0.1, 0.15) is 11.5 Å². The van der Waals surface area contributed by atoms with Crippen LogP contribution in [0.25, 0.3) is 0 Å². The first-order valence-electron chi connectivity index (χ1n) is 8.10. The van der Waals surface area contributed by atoms with Crippen LogP contribution in [0, 0.1) is 11.3 Å². The van der Waals surface area contributed by atoms with Crippen molar-refractivity contribution < 1.29 is 9.47 Å². The molecule has 0 saturated heterocycles. The third-order valence-electron chi connectivity index (χ3n) is 4.23. The first kappa shape index (κ1) is 17.9. The number of rotatable bonds is 5. The van der Waals surface area contributed by atoms with Crippen LogP contribution < -0.4 is 9.47 Å². The van der Waals surface area contributed by atoms with Gasteiger partial charge in [0.15, 0.2) is 0 Å². The van der Waals surface area contributed by atoms with Crippen LogP contribution in [-0.4, -0.2) is 14.2 Å². The second-order valence-electron chi connectivity index (χ2n) is 6.94. The highest BCUT2D eigenvalue weighted by molar-refractivity contribution is 5.45. The zero-order valence-corrected chi connectivity index (χ0v) is 15.1. The lowest BCUT2D eigenvalue weighted by Crippen LogP contribution is -2.11. The molecule has 0 amide bonds. The third kappa shape index (κ3) is 4.08. The molecule has 0 N–H and O–H groups in total. The minimum absolute atomic E-state index is 0.128. The number of hydrogen-bond donors (Lipinski definition) is 0. The average molecular weight is 323 g/mol. The molecule has 2 aromatic rings. The molecular formula is C21H25NO2. The fourth-order valence-corrected chi connectivity index (χ4v) is 2.71. The van der Waals surface area contributed by atoms with Gasteiger partial charge < -0.3 is 9.47 Å². The number of nitrogens with zero attached hydrogens (tertiary/aromatic N) is 1. The average Bonchev–Trinajstić information content (AvgIpc) is 2.58. The molecule has 3 heteroatoms. The van der Waals surface area contributed by atoms with Crippen molar-refractivity contribution in [2.45, 2.75) is 38.5 Å². The van der Waals surface area contributed by atoms with Gasteiger partial charge >= 0.3 is 0 Å². The van der Waals surface area contributed by atoms with E-state index in [2.05, 4.69) is 51.1 Å². The van der Waals surface area contributed by atoms with Gasteiger partial charge in [-0.2, -0.15) is 5.26 Å². The Kier molecular flexibility index (Phi) is 5.51. The Morgan fingerprint density at radius 1 is 1.00 bits per heavy atom. The summed E-state index contributed by atoms with van der Waals surface area (Å²) in [5.41, 5.74) is 3.42. The quantitative estimate of drug-likeness (QED) is 0.790. The minimum Gasteiger partial charge on any atom is -0.497 e. The first-order chi connectivity index (χ1) is 11.4. The number of benzene rings is 2. The molecule has 0 spiro atoms. The van der Waals surface area contributed by atoms with Crippen molar-refractivity contribution in [3.63, 3.8) is 0 Å². The van der Waals surface area contributed by atoms with Gasteiger partial charge in [0.25, 0.3) is 0 Å². The highest BCUT2D eigenvalue weighted by atomic mass is 16.5. The van der Waals surface area contributed by atoms with E-state index in [-0.39, 0.29) is 11.3 Å². The van der Waals surface area contributed by atoms with Crippen molar-refractivity contribution in [2.24, 2.45) is 0 Å². The molecule has 126 valence electrons. The predicted octanol–water partition coefficient (Wildman–Crippen LogP) is 4.85. The smallest absolute Gasteiger partial charge is 0.123 e. The van der Waals surface area contributed by atoms with E-state index in [0.717, 1.165) is 16.9 Å². The first-order valence-corrected chi connectivity index (χ1v) is 8.10. The van der Waals surface area contributed by atoms with Crippen LogP contribution in [0.5, 0.6) is 11.5 Å². The van der Waals surface area contributed by atoms with Gasteiger partial charge in [0.2, 0.25) is 0 Å². The number of hydrogen-bond acceptors (Lipinski definition) is 3. The molecule has 0 fully saturated rings. The lowest BCUT2D eigenvalue weighted by Gasteiger charge is -2.20. The molecule has 3 nitrogen and oxygen atoms in total. The number of nitriles is 1. The Balaban J connectivity index is 2.29. The van der Waals surface area contributed by atoms with E-state index in [9.17, 15) is 5.26 Å². The van der Waals surface area contributed by atoms with Crippen molar-refractivity contribution in [1.29, 1.82) is 5.26 Å². The Morgan fingerprint density at radius 3 is 2.17 bits per heavy atom. The van der Waals surface area contributed by atoms with Crippen LogP contribution in [0.1, 0.15) is 43.4 Å². The molecule has 0 saturated carbocycles. The lowest BCUT2D eigenvalue weighted by atomic mass is 9.85. The van der Waals surface area contributed by atoms with Crippen LogP contribution in [-0.2, 0) is 11.8 Å². The summed E-state index contributed by atoms with van der Waals surface area (Å²) < 4.78 is 10.7. The zero-order valence-electron chi connectivity index (χ0n) is 15.1. The summed E-state index contributed by atoms with van der Waals surface area (Å²) in [4.78, 5) is 0. The summed E-state index contributed by atoms with van der Waals surface area (Å²) >= 11 is 0. The van der Waals surface area contributed by atoms with Crippen molar-refractivity contribution in [3.8, 4) is 17.6 Å². The van der Waals surface area contributed by atoms with E-state index in [4.69, 9.17) is 9.47 Å². The number of methoxy groups -OCH3 is 2. The molecule has 2 aromatic carbocycles. The number of ether oxygens (including phenoxy) is 2. The fourth-order valence-electron chi connectivity index (χ4n) is 2.71. The predicted molar refractivity (Wildman–Crippen MR) is 96.7 cm³/mol. The fraction of sp³-hybridized carbons (Fsp3) is 0.381. The van der Waals surface area contributed by atoms with Gasteiger partial charge in [-0.25, -0.2) is 0 Å². The second-order valence-corrected chi connectivity index (χ2v) is 6.94. The van der Waals surface area contributed by atoms with Crippen LogP contribution in [0.4, 0.5) is 0 Å². The second kappa shape index (κ2) is 7.40. The van der Waals surface area contributed by atoms with E-state index in [1.165, 1.54) is 5.56 Å². The third-order valence-corrected chi connectivity index (χ3v) is 4.23. The molecule has 1 atom stereocenters. The van der Waals surface area contributed by atoms with Crippen molar-refractivity contribution in [1.82, 2.24) is 0 Å². The summed E-state index contributed by atoms with van der Waals surface area (Å²) in [7, 11) is 3.25. The molecule has 24 heavy (non-hydrogen) atoms. The van der Waals surface area contributed by atoms with Gasteiger partial charge in [-0.05, 0) is 41.2 Å². The van der Waals surface area contributed by atoms with Crippen LogP contribution in [0.3, 0.4) is 0 Å². The highest BCUT2D eigenvalue weighted by Crippen LogP contribution is 2.32. The van der Waals surface area contributed by atoms with Gasteiger partial charge in [0, 0.05) is 5.56 Å². The van der Waals surface area contributed by atoms with E-state index in [1.807, 2.05) is 18.2 Å². The van der Waals surface area contributed by atoms with Crippen molar-refractivity contribution in [3.05, 3.63) is 59.2 Å². The Hall–Kier alpha value is -2.47. The van der Waals surface area contributed by atoms with Crippen molar-refractivity contribution in [2.75, 3.05) is 14.2 Å². The van der Waals surface area contributed by atoms with Gasteiger partial charge in [-0.15, -0.1) is 0 Å². The maximum atomic E-state index is 9.66. The summed E-state index contributed by atoms with van der Waals surface area (Å²) in [6.45, 7) is 6.59. The maximum Gasteiger partial charge on any atom is 0.123 e. The Morgan fingerprint density at radius 2 is 1.67 bits per heavy atom. The van der Waals surface area contributed by atoms with Crippen LogP contribution >= 0.6 is 0 Å². The van der Waals surface area contributed by atoms with E-state index >= 15 is 0 Å². The zero-order chi connectivity index (χ0) is 17.7. The van der Waals surface area contributed by atoms with Crippen LogP contribution in [0.2, 0.25) is 0 Å². The van der Waals surface area contributed by atoms with Gasteiger partial charge in [-0.3, -0.25) is 0 Å². The molecule has 1 unspecified atom stereocenters. The standard InChI is InChI=1S/C21H25NO2/c1-21(2,3)17-8-6-15(7-9-17)12-16(14-22)19-13-18(23-4)10-11-20(19)24-5/h6-11,13,16H,12H2,1-5H3. The molecule has 0 aromatic heterocycles. The normalized spacial score (nSPS) is 12.3. The van der Waals surface area contributed by atoms with Crippen LogP contribution in [0.15, 0.2) is 42.5 Å². The van der Waals surface area contributed by atoms with E-state index < -0.39 is 0 Å². The monoisotopic (exact) mass is 323 g/mol. The molecule has 0 radical (unpaired) electrons. The molecule has 0 aliphatic rings. The Bertz CT molecular complexity index is 721. The maximum absolute atomic E-state index is 9.66. The summed E-state index contributed by atoms with van der Waals surface area (Å²) in [6.07, 6.45) is 0.643. The van der Waals surface area contributed by atoms with Gasteiger partial charge in [-0.1, -0.05) is 45.0 Å². The summed E-state index contributed by atoms with van der Waals surface area (Å²) in [5, 5.41) is 9.66. The van der Waals surface area contributed by atoms with E-state index in [1.54, 1.807) is 14.2 Å². The molecule has 0 heterocycles. The summed E-state index contributed by atoms with van der Waals surface area (Å²) in [6, 6.07) is 16.5. The summed E-state index contributed by atoms with van der Waals surface area (Å²) in [5.74, 6) is 1.17. The Labute approximate surface area is 144 Å². The molecule has 0 bridgehead atoms. The minimum atomic E-state index is -0.282.